The van der Waals surface area contributed by atoms with E-state index >= 15 is 0 Å². The van der Waals surface area contributed by atoms with E-state index < -0.39 is 0 Å². The minimum Gasteiger partial charge on any atom is -0.493 e. The van der Waals surface area contributed by atoms with Crippen LogP contribution in [0.25, 0.3) is 0 Å². The smallest absolute Gasteiger partial charge is 0.338 e. The van der Waals surface area contributed by atoms with Crippen LogP contribution in [-0.4, -0.2) is 19.7 Å². The zero-order valence-corrected chi connectivity index (χ0v) is 17.6. The van der Waals surface area contributed by atoms with Gasteiger partial charge in [-0.2, -0.15) is 0 Å². The van der Waals surface area contributed by atoms with Crippen molar-refractivity contribution in [1.82, 2.24) is 0 Å². The molecule has 0 aromatic heterocycles. The highest BCUT2D eigenvalue weighted by Gasteiger charge is 2.08. The van der Waals surface area contributed by atoms with Crippen LogP contribution in [-0.2, 0) is 17.9 Å². The number of esters is 1. The van der Waals surface area contributed by atoms with Crippen molar-refractivity contribution < 1.29 is 19.0 Å². The highest BCUT2D eigenvalue weighted by atomic mass is 16.5. The Labute approximate surface area is 177 Å². The Bertz CT molecular complexity index is 983. The van der Waals surface area contributed by atoms with E-state index in [1.807, 2.05) is 42.5 Å². The summed E-state index contributed by atoms with van der Waals surface area (Å²) in [7, 11) is 1.64. The van der Waals surface area contributed by atoms with Crippen LogP contribution in [0, 0.1) is 6.92 Å². The second-order valence-corrected chi connectivity index (χ2v) is 6.91. The summed E-state index contributed by atoms with van der Waals surface area (Å²) < 4.78 is 16.5. The minimum absolute atomic E-state index is 0.310. The summed E-state index contributed by atoms with van der Waals surface area (Å²) in [5.41, 5.74) is 4.85. The Morgan fingerprint density at radius 1 is 0.933 bits per heavy atom. The van der Waals surface area contributed by atoms with Crippen molar-refractivity contribution in [2.24, 2.45) is 0 Å². The molecule has 3 aromatic carbocycles. The fourth-order valence-corrected chi connectivity index (χ4v) is 3.05. The van der Waals surface area contributed by atoms with Gasteiger partial charge in [-0.15, -0.1) is 0 Å². The minimum atomic E-state index is -0.310. The zero-order valence-electron chi connectivity index (χ0n) is 17.6. The predicted molar refractivity (Wildman–Crippen MR) is 118 cm³/mol. The van der Waals surface area contributed by atoms with Gasteiger partial charge in [-0.1, -0.05) is 35.9 Å². The standard InChI is InChI=1S/C25H27NO4/c1-4-29-25(27)21-9-11-22(12-10-21)26-16-19-8-13-23(24(15-19)28-3)30-17-20-7-5-6-18(2)14-20/h5-15,26H,4,16-17H2,1-3H3. The van der Waals surface area contributed by atoms with E-state index in [0.29, 0.717) is 36.8 Å². The topological polar surface area (TPSA) is 56.8 Å². The molecular weight excluding hydrogens is 378 g/mol. The quantitative estimate of drug-likeness (QED) is 0.485. The van der Waals surface area contributed by atoms with Crippen LogP contribution in [0.4, 0.5) is 5.69 Å². The van der Waals surface area contributed by atoms with Gasteiger partial charge in [0.25, 0.3) is 0 Å². The number of anilines is 1. The van der Waals surface area contributed by atoms with Crippen molar-refractivity contribution in [2.75, 3.05) is 19.0 Å². The third-order valence-electron chi connectivity index (χ3n) is 4.60. The number of hydrogen-bond donors (Lipinski definition) is 1. The number of nitrogens with one attached hydrogen (secondary N) is 1. The molecule has 0 radical (unpaired) electrons. The van der Waals surface area contributed by atoms with Gasteiger partial charge in [-0.05, 0) is 61.4 Å². The van der Waals surface area contributed by atoms with Gasteiger partial charge in [0.05, 0.1) is 19.3 Å². The Morgan fingerprint density at radius 3 is 2.43 bits per heavy atom. The Hall–Kier alpha value is -3.47. The number of methoxy groups -OCH3 is 1. The molecule has 0 spiro atoms. The van der Waals surface area contributed by atoms with Crippen LogP contribution < -0.4 is 14.8 Å². The highest BCUT2D eigenvalue weighted by Crippen LogP contribution is 2.29. The third kappa shape index (κ3) is 5.77. The second-order valence-electron chi connectivity index (χ2n) is 6.91. The van der Waals surface area contributed by atoms with Crippen molar-refractivity contribution in [3.05, 3.63) is 89.0 Å². The number of aryl methyl sites for hydroxylation is 1. The number of carbonyl (C=O) groups excluding carboxylic acids is 1. The zero-order chi connectivity index (χ0) is 21.3. The van der Waals surface area contributed by atoms with E-state index in [1.54, 1.807) is 26.2 Å². The molecule has 0 heterocycles. The lowest BCUT2D eigenvalue weighted by atomic mass is 10.1. The van der Waals surface area contributed by atoms with Gasteiger partial charge in [-0.25, -0.2) is 4.79 Å². The van der Waals surface area contributed by atoms with Crippen molar-refractivity contribution in [3.8, 4) is 11.5 Å². The maximum Gasteiger partial charge on any atom is 0.338 e. The van der Waals surface area contributed by atoms with Crippen LogP contribution in [0.15, 0.2) is 66.7 Å². The summed E-state index contributed by atoms with van der Waals surface area (Å²) in [4.78, 5) is 11.7. The van der Waals surface area contributed by atoms with Crippen molar-refractivity contribution in [3.63, 3.8) is 0 Å². The van der Waals surface area contributed by atoms with Crippen LogP contribution in [0.2, 0.25) is 0 Å². The predicted octanol–water partition coefficient (Wildman–Crippen LogP) is 5.37. The Balaban J connectivity index is 1.59. The van der Waals surface area contributed by atoms with Gasteiger partial charge in [0.2, 0.25) is 0 Å². The number of carbonyl (C=O) groups is 1. The first kappa shape index (κ1) is 21.2. The molecule has 156 valence electrons. The normalized spacial score (nSPS) is 10.4. The molecule has 0 aliphatic carbocycles. The first-order valence-electron chi connectivity index (χ1n) is 9.95. The monoisotopic (exact) mass is 405 g/mol. The van der Waals surface area contributed by atoms with Gasteiger partial charge in [0, 0.05) is 12.2 Å². The highest BCUT2D eigenvalue weighted by molar-refractivity contribution is 5.89. The van der Waals surface area contributed by atoms with Crippen LogP contribution in [0.5, 0.6) is 11.5 Å². The summed E-state index contributed by atoms with van der Waals surface area (Å²) in [6, 6.07) is 21.4. The molecule has 0 amide bonds. The molecule has 5 heteroatoms. The van der Waals surface area contributed by atoms with Crippen molar-refractivity contribution in [2.45, 2.75) is 27.0 Å². The summed E-state index contributed by atoms with van der Waals surface area (Å²) in [5.74, 6) is 1.09. The molecule has 30 heavy (non-hydrogen) atoms. The molecule has 0 aliphatic heterocycles. The maximum atomic E-state index is 11.7. The van der Waals surface area contributed by atoms with E-state index in [2.05, 4.69) is 24.4 Å². The number of benzene rings is 3. The number of hydrogen-bond acceptors (Lipinski definition) is 5. The lowest BCUT2D eigenvalue weighted by Gasteiger charge is -2.13. The Morgan fingerprint density at radius 2 is 1.73 bits per heavy atom. The maximum absolute atomic E-state index is 11.7. The van der Waals surface area contributed by atoms with Crippen molar-refractivity contribution in [1.29, 1.82) is 0 Å². The Kier molecular flexibility index (Phi) is 7.33. The molecule has 0 aliphatic rings. The fraction of sp³-hybridized carbons (Fsp3) is 0.240. The largest absolute Gasteiger partial charge is 0.493 e. The first-order valence-corrected chi connectivity index (χ1v) is 9.95. The van der Waals surface area contributed by atoms with E-state index in [1.165, 1.54) is 5.56 Å². The fourth-order valence-electron chi connectivity index (χ4n) is 3.05. The lowest BCUT2D eigenvalue weighted by molar-refractivity contribution is 0.0526. The first-order chi connectivity index (χ1) is 14.6. The third-order valence-corrected chi connectivity index (χ3v) is 4.60. The average molecular weight is 405 g/mol. The van der Waals surface area contributed by atoms with Gasteiger partial charge in [0.15, 0.2) is 11.5 Å². The molecule has 1 N–H and O–H groups in total. The average Bonchev–Trinajstić information content (AvgIpc) is 2.77. The molecule has 3 aromatic rings. The van der Waals surface area contributed by atoms with Gasteiger partial charge in [0.1, 0.15) is 6.61 Å². The molecule has 0 unspecified atom stereocenters. The molecule has 5 nitrogen and oxygen atoms in total. The van der Waals surface area contributed by atoms with E-state index in [-0.39, 0.29) is 5.97 Å². The van der Waals surface area contributed by atoms with E-state index in [4.69, 9.17) is 14.2 Å². The van der Waals surface area contributed by atoms with Gasteiger partial charge < -0.3 is 19.5 Å². The second kappa shape index (κ2) is 10.3. The van der Waals surface area contributed by atoms with E-state index in [9.17, 15) is 4.79 Å². The van der Waals surface area contributed by atoms with Crippen molar-refractivity contribution >= 4 is 11.7 Å². The number of rotatable bonds is 9. The lowest BCUT2D eigenvalue weighted by Crippen LogP contribution is -2.05. The summed E-state index contributed by atoms with van der Waals surface area (Å²) in [5, 5.41) is 3.35. The molecule has 0 bridgehead atoms. The van der Waals surface area contributed by atoms with Crippen LogP contribution in [0.1, 0.15) is 34.0 Å². The summed E-state index contributed by atoms with van der Waals surface area (Å²) in [6.45, 7) is 5.33. The molecule has 3 rings (SSSR count). The number of ether oxygens (including phenoxy) is 3. The molecule has 0 saturated heterocycles. The summed E-state index contributed by atoms with van der Waals surface area (Å²) >= 11 is 0. The molecular formula is C25H27NO4. The van der Waals surface area contributed by atoms with Crippen LogP contribution >= 0.6 is 0 Å². The summed E-state index contributed by atoms with van der Waals surface area (Å²) in [6.07, 6.45) is 0. The van der Waals surface area contributed by atoms with Gasteiger partial charge >= 0.3 is 5.97 Å². The SMILES string of the molecule is CCOC(=O)c1ccc(NCc2ccc(OCc3cccc(C)c3)c(OC)c2)cc1. The molecule has 0 atom stereocenters. The molecule has 0 fully saturated rings. The van der Waals surface area contributed by atoms with E-state index in [0.717, 1.165) is 16.8 Å². The molecule has 0 saturated carbocycles. The van der Waals surface area contributed by atoms with Crippen LogP contribution in [0.3, 0.4) is 0 Å². The van der Waals surface area contributed by atoms with Gasteiger partial charge in [-0.3, -0.25) is 0 Å².